The molecule has 2 fully saturated rings. The summed E-state index contributed by atoms with van der Waals surface area (Å²) in [6, 6.07) is 7.06. The molecule has 4 rings (SSSR count). The van der Waals surface area contributed by atoms with E-state index in [4.69, 9.17) is 4.98 Å². The molecule has 6 heteroatoms. The number of aromatic nitrogens is 3. The van der Waals surface area contributed by atoms with Gasteiger partial charge in [0.2, 0.25) is 5.95 Å². The topological polar surface area (TPSA) is 57.2 Å². The Bertz CT molecular complexity index is 776. The van der Waals surface area contributed by atoms with Gasteiger partial charge < -0.3 is 15.1 Å². The van der Waals surface area contributed by atoms with Gasteiger partial charge in [-0.05, 0) is 43.9 Å². The van der Waals surface area contributed by atoms with Crippen molar-refractivity contribution in [3.8, 4) is 0 Å². The molecule has 2 aliphatic rings. The highest BCUT2D eigenvalue weighted by Crippen LogP contribution is 2.25. The van der Waals surface area contributed by atoms with Crippen LogP contribution in [0.5, 0.6) is 0 Å². The fourth-order valence-electron chi connectivity index (χ4n) is 4.37. The molecule has 28 heavy (non-hydrogen) atoms. The minimum Gasteiger partial charge on any atom is -0.368 e. The monoisotopic (exact) mass is 380 g/mol. The van der Waals surface area contributed by atoms with Crippen molar-refractivity contribution < 1.29 is 0 Å². The molecule has 0 unspecified atom stereocenters. The second kappa shape index (κ2) is 8.76. The number of nitrogens with zero attached hydrogens (tertiary/aromatic N) is 5. The van der Waals surface area contributed by atoms with Gasteiger partial charge >= 0.3 is 0 Å². The minimum atomic E-state index is 0.487. The summed E-state index contributed by atoms with van der Waals surface area (Å²) in [6.45, 7) is 8.31. The van der Waals surface area contributed by atoms with Crippen molar-refractivity contribution in [1.29, 1.82) is 0 Å². The van der Waals surface area contributed by atoms with E-state index in [0.717, 1.165) is 32.0 Å². The Hall–Kier alpha value is -2.37. The van der Waals surface area contributed by atoms with E-state index >= 15 is 0 Å². The predicted octanol–water partition coefficient (Wildman–Crippen LogP) is 3.95. The molecule has 0 amide bonds. The lowest BCUT2D eigenvalue weighted by Crippen LogP contribution is -2.47. The average molecular weight is 381 g/mol. The van der Waals surface area contributed by atoms with Crippen molar-refractivity contribution in [2.24, 2.45) is 0 Å². The SMILES string of the molecule is Cc1cccc(N2CCN(c3cnnc(NC4CCCCCC4)n3)CC2)c1C. The van der Waals surface area contributed by atoms with Gasteiger partial charge in [-0.15, -0.1) is 5.10 Å². The number of piperazine rings is 1. The predicted molar refractivity (Wildman–Crippen MR) is 115 cm³/mol. The molecule has 1 aromatic heterocycles. The second-order valence-electron chi connectivity index (χ2n) is 8.16. The molecular formula is C22H32N6. The van der Waals surface area contributed by atoms with Crippen LogP contribution in [0.3, 0.4) is 0 Å². The summed E-state index contributed by atoms with van der Waals surface area (Å²) >= 11 is 0. The number of rotatable bonds is 4. The number of anilines is 3. The summed E-state index contributed by atoms with van der Waals surface area (Å²) in [4.78, 5) is 9.59. The number of aryl methyl sites for hydroxylation is 1. The van der Waals surface area contributed by atoms with Crippen LogP contribution in [0.1, 0.15) is 49.7 Å². The first-order valence-corrected chi connectivity index (χ1v) is 10.7. The van der Waals surface area contributed by atoms with Crippen LogP contribution >= 0.6 is 0 Å². The Balaban J connectivity index is 1.38. The van der Waals surface area contributed by atoms with Crippen LogP contribution in [0.25, 0.3) is 0 Å². The molecule has 0 radical (unpaired) electrons. The van der Waals surface area contributed by atoms with Crippen LogP contribution in [0.4, 0.5) is 17.5 Å². The van der Waals surface area contributed by atoms with Crippen LogP contribution in [0.15, 0.2) is 24.4 Å². The number of hydrogen-bond donors (Lipinski definition) is 1. The number of hydrogen-bond acceptors (Lipinski definition) is 6. The minimum absolute atomic E-state index is 0.487. The van der Waals surface area contributed by atoms with Crippen LogP contribution in [0.2, 0.25) is 0 Å². The van der Waals surface area contributed by atoms with Crippen LogP contribution in [-0.2, 0) is 0 Å². The lowest BCUT2D eigenvalue weighted by Gasteiger charge is -2.37. The van der Waals surface area contributed by atoms with Crippen molar-refractivity contribution >= 4 is 17.5 Å². The van der Waals surface area contributed by atoms with Gasteiger partial charge in [-0.1, -0.05) is 37.8 Å². The van der Waals surface area contributed by atoms with Gasteiger partial charge in [0.1, 0.15) is 0 Å². The van der Waals surface area contributed by atoms with Crippen molar-refractivity contribution in [1.82, 2.24) is 15.2 Å². The van der Waals surface area contributed by atoms with Crippen molar-refractivity contribution in [2.45, 2.75) is 58.4 Å². The molecule has 6 nitrogen and oxygen atoms in total. The molecule has 1 saturated carbocycles. The highest BCUT2D eigenvalue weighted by Gasteiger charge is 2.21. The maximum absolute atomic E-state index is 4.77. The first kappa shape index (κ1) is 19.0. The average Bonchev–Trinajstić information content (AvgIpc) is 2.99. The Morgan fingerprint density at radius 2 is 1.64 bits per heavy atom. The van der Waals surface area contributed by atoms with Gasteiger partial charge in [0.05, 0.1) is 6.20 Å². The Kier molecular flexibility index (Phi) is 5.93. The lowest BCUT2D eigenvalue weighted by molar-refractivity contribution is 0.610. The zero-order valence-electron chi connectivity index (χ0n) is 17.2. The van der Waals surface area contributed by atoms with E-state index < -0.39 is 0 Å². The fourth-order valence-corrected chi connectivity index (χ4v) is 4.37. The van der Waals surface area contributed by atoms with E-state index in [1.807, 2.05) is 0 Å². The molecule has 0 atom stereocenters. The van der Waals surface area contributed by atoms with E-state index in [-0.39, 0.29) is 0 Å². The zero-order chi connectivity index (χ0) is 19.3. The van der Waals surface area contributed by atoms with E-state index in [0.29, 0.717) is 12.0 Å². The molecule has 0 bridgehead atoms. The highest BCUT2D eigenvalue weighted by atomic mass is 15.3. The zero-order valence-corrected chi connectivity index (χ0v) is 17.2. The molecule has 0 spiro atoms. The standard InChI is InChI=1S/C22H32N6/c1-17-8-7-11-20(18(17)2)27-12-14-28(15-13-27)21-16-23-26-22(25-21)24-19-9-5-3-4-6-10-19/h7-8,11,16,19H,3-6,9-10,12-15H2,1-2H3,(H,24,25,26). The normalized spacial score (nSPS) is 18.8. The number of nitrogens with one attached hydrogen (secondary N) is 1. The fraction of sp³-hybridized carbons (Fsp3) is 0.591. The van der Waals surface area contributed by atoms with Crippen LogP contribution in [-0.4, -0.2) is 47.4 Å². The smallest absolute Gasteiger partial charge is 0.244 e. The van der Waals surface area contributed by atoms with E-state index in [1.54, 1.807) is 6.20 Å². The van der Waals surface area contributed by atoms with E-state index in [9.17, 15) is 0 Å². The van der Waals surface area contributed by atoms with E-state index in [2.05, 4.69) is 57.4 Å². The van der Waals surface area contributed by atoms with Gasteiger partial charge in [-0.3, -0.25) is 0 Å². The largest absolute Gasteiger partial charge is 0.368 e. The Morgan fingerprint density at radius 3 is 2.39 bits per heavy atom. The maximum Gasteiger partial charge on any atom is 0.244 e. The molecule has 1 aliphatic heterocycles. The molecular weight excluding hydrogens is 348 g/mol. The summed E-state index contributed by atoms with van der Waals surface area (Å²) in [5, 5.41) is 12.0. The molecule has 1 aromatic carbocycles. The van der Waals surface area contributed by atoms with Crippen LogP contribution < -0.4 is 15.1 Å². The Morgan fingerprint density at radius 1 is 0.929 bits per heavy atom. The summed E-state index contributed by atoms with van der Waals surface area (Å²) in [6.07, 6.45) is 9.51. The summed E-state index contributed by atoms with van der Waals surface area (Å²) in [7, 11) is 0. The molecule has 1 N–H and O–H groups in total. The number of benzene rings is 1. The van der Waals surface area contributed by atoms with Gasteiger partial charge in [-0.2, -0.15) is 10.1 Å². The van der Waals surface area contributed by atoms with Gasteiger partial charge in [0, 0.05) is 37.9 Å². The second-order valence-corrected chi connectivity index (χ2v) is 8.16. The first-order chi connectivity index (χ1) is 13.7. The quantitative estimate of drug-likeness (QED) is 0.811. The molecule has 1 aliphatic carbocycles. The molecule has 150 valence electrons. The first-order valence-electron chi connectivity index (χ1n) is 10.7. The van der Waals surface area contributed by atoms with Gasteiger partial charge in [0.15, 0.2) is 5.82 Å². The molecule has 2 aromatic rings. The maximum atomic E-state index is 4.77. The van der Waals surface area contributed by atoms with Gasteiger partial charge in [0.25, 0.3) is 0 Å². The van der Waals surface area contributed by atoms with Crippen molar-refractivity contribution in [3.05, 3.63) is 35.5 Å². The third-order valence-electron chi connectivity index (χ3n) is 6.25. The lowest BCUT2D eigenvalue weighted by atomic mass is 10.1. The summed E-state index contributed by atoms with van der Waals surface area (Å²) in [5.41, 5.74) is 4.10. The Labute approximate surface area is 168 Å². The van der Waals surface area contributed by atoms with Crippen molar-refractivity contribution in [2.75, 3.05) is 41.3 Å². The van der Waals surface area contributed by atoms with Crippen LogP contribution in [0, 0.1) is 13.8 Å². The molecule has 1 saturated heterocycles. The van der Waals surface area contributed by atoms with Gasteiger partial charge in [-0.25, -0.2) is 0 Å². The summed E-state index contributed by atoms with van der Waals surface area (Å²) < 4.78 is 0. The third-order valence-corrected chi connectivity index (χ3v) is 6.25. The summed E-state index contributed by atoms with van der Waals surface area (Å²) in [5.74, 6) is 1.62. The van der Waals surface area contributed by atoms with E-state index in [1.165, 1.54) is 55.3 Å². The van der Waals surface area contributed by atoms with Crippen molar-refractivity contribution in [3.63, 3.8) is 0 Å². The third kappa shape index (κ3) is 4.37. The highest BCUT2D eigenvalue weighted by molar-refractivity contribution is 5.57. The molecule has 2 heterocycles.